The molecule has 2 amide bonds. The average Bonchev–Trinajstić information content (AvgIpc) is 2.54. The van der Waals surface area contributed by atoms with Crippen molar-refractivity contribution >= 4 is 12.0 Å². The van der Waals surface area contributed by atoms with Crippen LogP contribution in [0.2, 0.25) is 0 Å². The standard InChI is InChI=1S/C18H22F2N2O4/c1-5-25-16(23)14-11(4)22(10(2)3)18(24)21-15(14)12-8-6-7-9-13(12)26-17(19)20/h6-10,15,17H,5H2,1-4H3,(H,21,24)/t15-/m1/s1. The molecule has 0 saturated heterocycles. The molecule has 0 unspecified atom stereocenters. The van der Waals surface area contributed by atoms with Crippen LogP contribution in [0.15, 0.2) is 35.5 Å². The van der Waals surface area contributed by atoms with Gasteiger partial charge in [-0.25, -0.2) is 9.59 Å². The van der Waals surface area contributed by atoms with Gasteiger partial charge >= 0.3 is 18.6 Å². The number of amides is 2. The zero-order valence-corrected chi connectivity index (χ0v) is 15.1. The Hall–Kier alpha value is -2.64. The number of halogens is 2. The van der Waals surface area contributed by atoms with Crippen molar-refractivity contribution in [2.75, 3.05) is 6.61 Å². The molecule has 8 heteroatoms. The molecule has 6 nitrogen and oxygen atoms in total. The number of hydrogen-bond donors (Lipinski definition) is 1. The molecular weight excluding hydrogens is 346 g/mol. The first kappa shape index (κ1) is 19.7. The maximum absolute atomic E-state index is 12.7. The minimum atomic E-state index is -3.03. The Labute approximate surface area is 150 Å². The number of carbonyl (C=O) groups is 2. The van der Waals surface area contributed by atoms with E-state index in [0.29, 0.717) is 5.70 Å². The van der Waals surface area contributed by atoms with Crippen molar-refractivity contribution in [3.8, 4) is 5.75 Å². The van der Waals surface area contributed by atoms with Crippen molar-refractivity contribution in [2.24, 2.45) is 0 Å². The summed E-state index contributed by atoms with van der Waals surface area (Å²) in [6.45, 7) is 4.03. The van der Waals surface area contributed by atoms with Crippen molar-refractivity contribution in [3.63, 3.8) is 0 Å². The van der Waals surface area contributed by atoms with Crippen LogP contribution in [0.4, 0.5) is 13.6 Å². The summed E-state index contributed by atoms with van der Waals surface area (Å²) in [5, 5.41) is 2.70. The van der Waals surface area contributed by atoms with E-state index in [4.69, 9.17) is 4.74 Å². The molecule has 0 saturated carbocycles. The van der Waals surface area contributed by atoms with Crippen LogP contribution < -0.4 is 10.1 Å². The van der Waals surface area contributed by atoms with Crippen molar-refractivity contribution in [1.29, 1.82) is 0 Å². The first-order valence-electron chi connectivity index (χ1n) is 8.29. The fraction of sp³-hybridized carbons (Fsp3) is 0.444. The maximum atomic E-state index is 12.7. The Morgan fingerprint density at radius 2 is 1.96 bits per heavy atom. The Balaban J connectivity index is 2.59. The van der Waals surface area contributed by atoms with Gasteiger partial charge in [0.2, 0.25) is 0 Å². The molecule has 1 aromatic carbocycles. The number of rotatable bonds is 6. The number of benzene rings is 1. The maximum Gasteiger partial charge on any atom is 0.387 e. The third-order valence-corrected chi connectivity index (χ3v) is 3.98. The molecule has 0 fully saturated rings. The highest BCUT2D eigenvalue weighted by atomic mass is 19.3. The van der Waals surface area contributed by atoms with E-state index in [9.17, 15) is 18.4 Å². The van der Waals surface area contributed by atoms with Gasteiger partial charge in [0.05, 0.1) is 18.2 Å². The number of nitrogens with zero attached hydrogens (tertiary/aromatic N) is 1. The number of nitrogens with one attached hydrogen (secondary N) is 1. The van der Waals surface area contributed by atoms with Gasteiger partial charge in [-0.1, -0.05) is 18.2 Å². The van der Waals surface area contributed by atoms with Gasteiger partial charge in [-0.05, 0) is 33.8 Å². The molecule has 2 rings (SSSR count). The van der Waals surface area contributed by atoms with E-state index in [0.717, 1.165) is 0 Å². The van der Waals surface area contributed by atoms with Crippen LogP contribution in [0.1, 0.15) is 39.3 Å². The quantitative estimate of drug-likeness (QED) is 0.779. The molecule has 0 bridgehead atoms. The van der Waals surface area contributed by atoms with Crippen LogP contribution in [-0.2, 0) is 9.53 Å². The molecule has 1 aromatic rings. The predicted octanol–water partition coefficient (Wildman–Crippen LogP) is 3.60. The highest BCUT2D eigenvalue weighted by molar-refractivity contribution is 5.95. The van der Waals surface area contributed by atoms with Crippen LogP contribution in [0.3, 0.4) is 0 Å². The molecule has 1 N–H and O–H groups in total. The van der Waals surface area contributed by atoms with Crippen molar-refractivity contribution in [2.45, 2.75) is 46.4 Å². The number of allylic oxidation sites excluding steroid dienone is 1. The zero-order valence-electron chi connectivity index (χ0n) is 15.1. The highest BCUT2D eigenvalue weighted by Crippen LogP contribution is 2.36. The van der Waals surface area contributed by atoms with E-state index >= 15 is 0 Å². The van der Waals surface area contributed by atoms with Crippen molar-refractivity contribution < 1.29 is 27.8 Å². The zero-order chi connectivity index (χ0) is 19.4. The third kappa shape index (κ3) is 3.95. The van der Waals surface area contributed by atoms with Gasteiger partial charge in [0.1, 0.15) is 5.75 Å². The first-order chi connectivity index (χ1) is 12.3. The van der Waals surface area contributed by atoms with E-state index in [-0.39, 0.29) is 29.5 Å². The van der Waals surface area contributed by atoms with Gasteiger partial charge in [-0.2, -0.15) is 8.78 Å². The van der Waals surface area contributed by atoms with Crippen LogP contribution in [0.25, 0.3) is 0 Å². The number of alkyl halides is 2. The second-order valence-electron chi connectivity index (χ2n) is 5.98. The summed E-state index contributed by atoms with van der Waals surface area (Å²) in [7, 11) is 0. The summed E-state index contributed by atoms with van der Waals surface area (Å²) in [5.41, 5.74) is 0.858. The molecule has 0 spiro atoms. The summed E-state index contributed by atoms with van der Waals surface area (Å²) < 4.78 is 35.2. The Morgan fingerprint density at radius 1 is 1.31 bits per heavy atom. The number of urea groups is 1. The van der Waals surface area contributed by atoms with Gasteiger partial charge in [0, 0.05) is 17.3 Å². The van der Waals surface area contributed by atoms with E-state index < -0.39 is 24.7 Å². The van der Waals surface area contributed by atoms with Gasteiger partial charge in [0.25, 0.3) is 0 Å². The van der Waals surface area contributed by atoms with Crippen LogP contribution in [0.5, 0.6) is 5.75 Å². The van der Waals surface area contributed by atoms with Gasteiger partial charge in [-0.3, -0.25) is 4.90 Å². The Bertz CT molecular complexity index is 719. The molecule has 1 aliphatic heterocycles. The number of esters is 1. The molecule has 0 aliphatic carbocycles. The summed E-state index contributed by atoms with van der Waals surface area (Å²) >= 11 is 0. The number of hydrogen-bond acceptors (Lipinski definition) is 4. The minimum absolute atomic E-state index is 0.111. The number of carbonyl (C=O) groups excluding carboxylic acids is 2. The molecule has 1 atom stereocenters. The minimum Gasteiger partial charge on any atom is -0.463 e. The van der Waals surface area contributed by atoms with E-state index in [1.165, 1.54) is 23.1 Å². The second-order valence-corrected chi connectivity index (χ2v) is 5.98. The van der Waals surface area contributed by atoms with Gasteiger partial charge < -0.3 is 14.8 Å². The molecule has 1 heterocycles. The summed E-state index contributed by atoms with van der Waals surface area (Å²) in [4.78, 5) is 26.5. The SMILES string of the molecule is CCOC(=O)C1=C(C)N(C(C)C)C(=O)N[C@@H]1c1ccccc1OC(F)F. The fourth-order valence-electron chi connectivity index (χ4n) is 3.01. The normalized spacial score (nSPS) is 17.6. The summed E-state index contributed by atoms with van der Waals surface area (Å²) in [5.74, 6) is -0.729. The lowest BCUT2D eigenvalue weighted by Crippen LogP contribution is -2.50. The van der Waals surface area contributed by atoms with Crippen LogP contribution in [0, 0.1) is 0 Å². The van der Waals surface area contributed by atoms with E-state index in [1.54, 1.807) is 33.8 Å². The van der Waals surface area contributed by atoms with E-state index in [1.807, 2.05) is 0 Å². The molecular formula is C18H22F2N2O4. The van der Waals surface area contributed by atoms with Crippen LogP contribution >= 0.6 is 0 Å². The fourth-order valence-corrected chi connectivity index (χ4v) is 3.01. The lowest BCUT2D eigenvalue weighted by atomic mass is 9.93. The molecule has 0 aromatic heterocycles. The van der Waals surface area contributed by atoms with Gasteiger partial charge in [-0.15, -0.1) is 0 Å². The van der Waals surface area contributed by atoms with Gasteiger partial charge in [0.15, 0.2) is 0 Å². The van der Waals surface area contributed by atoms with Crippen LogP contribution in [-0.4, -0.2) is 36.2 Å². The Kier molecular flexibility index (Phi) is 6.18. The lowest BCUT2D eigenvalue weighted by molar-refractivity contribution is -0.139. The van der Waals surface area contributed by atoms with Crippen molar-refractivity contribution in [1.82, 2.24) is 10.2 Å². The number of para-hydroxylation sites is 1. The molecule has 26 heavy (non-hydrogen) atoms. The third-order valence-electron chi connectivity index (χ3n) is 3.98. The topological polar surface area (TPSA) is 67.9 Å². The first-order valence-corrected chi connectivity index (χ1v) is 8.29. The lowest BCUT2D eigenvalue weighted by Gasteiger charge is -2.37. The summed E-state index contributed by atoms with van der Waals surface area (Å²) in [6.07, 6.45) is 0. The predicted molar refractivity (Wildman–Crippen MR) is 90.7 cm³/mol. The number of ether oxygens (including phenoxy) is 2. The molecule has 142 valence electrons. The molecule has 1 aliphatic rings. The van der Waals surface area contributed by atoms with E-state index in [2.05, 4.69) is 10.1 Å². The van der Waals surface area contributed by atoms with Crippen molar-refractivity contribution in [3.05, 3.63) is 41.1 Å². The summed E-state index contributed by atoms with van der Waals surface area (Å²) in [6, 6.07) is 4.46. The second kappa shape index (κ2) is 8.16. The largest absolute Gasteiger partial charge is 0.463 e. The molecule has 0 radical (unpaired) electrons. The smallest absolute Gasteiger partial charge is 0.387 e. The monoisotopic (exact) mass is 368 g/mol. The average molecular weight is 368 g/mol. The Morgan fingerprint density at radius 3 is 2.54 bits per heavy atom. The highest BCUT2D eigenvalue weighted by Gasteiger charge is 2.38.